The third kappa shape index (κ3) is 0.724. The van der Waals surface area contributed by atoms with Crippen LogP contribution in [-0.4, -0.2) is 23.3 Å². The minimum atomic E-state index is -0.801. The Hall–Kier alpha value is -0.570. The van der Waals surface area contributed by atoms with E-state index < -0.39 is 11.6 Å². The van der Waals surface area contributed by atoms with Crippen LogP contribution in [0.15, 0.2) is 0 Å². The molecule has 2 heterocycles. The van der Waals surface area contributed by atoms with E-state index in [0.717, 1.165) is 0 Å². The van der Waals surface area contributed by atoms with Gasteiger partial charge in [0.1, 0.15) is 0 Å². The summed E-state index contributed by atoms with van der Waals surface area (Å²) in [6.45, 7) is 4.91. The third-order valence-corrected chi connectivity index (χ3v) is 3.53. The first-order valence-corrected chi connectivity index (χ1v) is 4.38. The normalized spacial score (nSPS) is 44.6. The summed E-state index contributed by atoms with van der Waals surface area (Å²) in [7, 11) is 0. The van der Waals surface area contributed by atoms with Crippen molar-refractivity contribution >= 4 is 5.97 Å². The van der Waals surface area contributed by atoms with Gasteiger partial charge in [-0.15, -0.1) is 0 Å². The number of ether oxygens (including phenoxy) is 1. The van der Waals surface area contributed by atoms with Crippen LogP contribution in [0.4, 0.5) is 0 Å². The molecule has 12 heavy (non-hydrogen) atoms. The Morgan fingerprint density at radius 3 is 2.33 bits per heavy atom. The molecule has 0 radical (unpaired) electrons. The fourth-order valence-corrected chi connectivity index (χ4v) is 2.36. The first kappa shape index (κ1) is 8.05. The van der Waals surface area contributed by atoms with Gasteiger partial charge in [0.05, 0.1) is 6.61 Å². The van der Waals surface area contributed by atoms with Gasteiger partial charge in [0, 0.05) is 5.41 Å². The number of rotatable bonds is 2. The van der Waals surface area contributed by atoms with Gasteiger partial charge in [-0.05, 0) is 18.8 Å². The predicted octanol–water partition coefficient (Wildman–Crippen LogP) is 1.28. The summed E-state index contributed by atoms with van der Waals surface area (Å²) >= 11 is 0. The maximum atomic E-state index is 10.8. The Kier molecular flexibility index (Phi) is 1.35. The topological polar surface area (TPSA) is 46.5 Å². The van der Waals surface area contributed by atoms with Crippen molar-refractivity contribution in [2.45, 2.75) is 32.3 Å². The van der Waals surface area contributed by atoms with E-state index in [2.05, 4.69) is 13.8 Å². The molecule has 3 rings (SSSR count). The molecular formula is C9H14O3. The second kappa shape index (κ2) is 2.02. The third-order valence-electron chi connectivity index (χ3n) is 3.53. The van der Waals surface area contributed by atoms with E-state index in [1.165, 1.54) is 0 Å². The van der Waals surface area contributed by atoms with Crippen LogP contribution in [0.25, 0.3) is 0 Å². The first-order valence-electron chi connectivity index (χ1n) is 4.38. The maximum Gasteiger partial charge on any atom is 0.336 e. The van der Waals surface area contributed by atoms with Gasteiger partial charge in [0.15, 0.2) is 5.60 Å². The van der Waals surface area contributed by atoms with Crippen LogP contribution >= 0.6 is 0 Å². The lowest BCUT2D eigenvalue weighted by Crippen LogP contribution is -2.51. The van der Waals surface area contributed by atoms with Gasteiger partial charge in [-0.3, -0.25) is 0 Å². The lowest BCUT2D eigenvalue weighted by molar-refractivity contribution is -0.165. The lowest BCUT2D eigenvalue weighted by atomic mass is 9.57. The summed E-state index contributed by atoms with van der Waals surface area (Å²) < 4.78 is 5.34. The Morgan fingerprint density at radius 2 is 2.08 bits per heavy atom. The summed E-state index contributed by atoms with van der Waals surface area (Å²) in [4.78, 5) is 10.8. The first-order chi connectivity index (χ1) is 5.51. The molecule has 0 spiro atoms. The van der Waals surface area contributed by atoms with Crippen LogP contribution in [0.1, 0.15) is 26.7 Å². The molecule has 0 amide bonds. The Balaban J connectivity index is 2.15. The molecule has 2 aliphatic heterocycles. The van der Waals surface area contributed by atoms with Gasteiger partial charge in [-0.1, -0.05) is 13.8 Å². The van der Waals surface area contributed by atoms with E-state index in [9.17, 15) is 4.79 Å². The Bertz CT molecular complexity index is 226. The fraction of sp³-hybridized carbons (Fsp3) is 0.889. The van der Waals surface area contributed by atoms with Gasteiger partial charge in [0.25, 0.3) is 0 Å². The standard InChI is InChI=1S/C9H14O3/c1-6(2)8-3-9(4-8,7(10)11)12-5-8/h6H,3-5H2,1-2H3,(H,10,11). The van der Waals surface area contributed by atoms with Crippen molar-refractivity contribution in [2.24, 2.45) is 11.3 Å². The molecule has 0 aromatic heterocycles. The molecular weight excluding hydrogens is 156 g/mol. The van der Waals surface area contributed by atoms with Crippen molar-refractivity contribution < 1.29 is 14.6 Å². The number of aliphatic carboxylic acids is 1. The predicted molar refractivity (Wildman–Crippen MR) is 42.8 cm³/mol. The molecule has 2 bridgehead atoms. The zero-order valence-electron chi connectivity index (χ0n) is 7.46. The van der Waals surface area contributed by atoms with Crippen molar-refractivity contribution in [1.82, 2.24) is 0 Å². The minimum absolute atomic E-state index is 0.179. The minimum Gasteiger partial charge on any atom is -0.479 e. The molecule has 0 aromatic rings. The molecule has 3 fully saturated rings. The van der Waals surface area contributed by atoms with E-state index in [-0.39, 0.29) is 5.41 Å². The molecule has 1 saturated carbocycles. The Morgan fingerprint density at radius 1 is 1.50 bits per heavy atom. The molecule has 2 saturated heterocycles. The molecule has 68 valence electrons. The molecule has 0 unspecified atom stereocenters. The number of carboxylic acids is 1. The van der Waals surface area contributed by atoms with Gasteiger partial charge in [0.2, 0.25) is 0 Å². The second-order valence-electron chi connectivity index (χ2n) is 4.46. The number of carboxylic acid groups (broad SMARTS) is 1. The summed E-state index contributed by atoms with van der Waals surface area (Å²) in [5.74, 6) is -0.247. The number of carbonyl (C=O) groups is 1. The highest BCUT2D eigenvalue weighted by molar-refractivity contribution is 5.80. The van der Waals surface area contributed by atoms with Crippen LogP contribution in [0.3, 0.4) is 0 Å². The van der Waals surface area contributed by atoms with Crippen LogP contribution in [0, 0.1) is 11.3 Å². The number of hydrogen-bond donors (Lipinski definition) is 1. The monoisotopic (exact) mass is 170 g/mol. The lowest BCUT2D eigenvalue weighted by Gasteiger charge is -2.44. The van der Waals surface area contributed by atoms with Crippen LogP contribution in [0.5, 0.6) is 0 Å². The largest absolute Gasteiger partial charge is 0.479 e. The molecule has 3 nitrogen and oxygen atoms in total. The summed E-state index contributed by atoms with van der Waals surface area (Å²) in [6.07, 6.45) is 1.43. The molecule has 1 aliphatic carbocycles. The van der Waals surface area contributed by atoms with Gasteiger partial charge >= 0.3 is 5.97 Å². The highest BCUT2D eigenvalue weighted by atomic mass is 16.5. The number of hydrogen-bond acceptors (Lipinski definition) is 2. The summed E-state index contributed by atoms with van der Waals surface area (Å²) in [5, 5.41) is 8.88. The van der Waals surface area contributed by atoms with E-state index >= 15 is 0 Å². The number of fused-ring (bicyclic) bond motifs is 1. The zero-order chi connectivity index (χ0) is 8.98. The smallest absolute Gasteiger partial charge is 0.336 e. The second-order valence-corrected chi connectivity index (χ2v) is 4.46. The Labute approximate surface area is 71.7 Å². The van der Waals surface area contributed by atoms with Crippen LogP contribution < -0.4 is 0 Å². The SMILES string of the molecule is CC(C)C12COC(C(=O)O)(C1)C2. The fourth-order valence-electron chi connectivity index (χ4n) is 2.36. The quantitative estimate of drug-likeness (QED) is 0.679. The highest BCUT2D eigenvalue weighted by Crippen LogP contribution is 2.61. The van der Waals surface area contributed by atoms with Crippen molar-refractivity contribution in [2.75, 3.05) is 6.61 Å². The van der Waals surface area contributed by atoms with Crippen molar-refractivity contribution in [3.8, 4) is 0 Å². The van der Waals surface area contributed by atoms with Gasteiger partial charge in [-0.2, -0.15) is 0 Å². The van der Waals surface area contributed by atoms with Crippen molar-refractivity contribution in [3.63, 3.8) is 0 Å². The molecule has 3 heteroatoms. The van der Waals surface area contributed by atoms with E-state index in [1.54, 1.807) is 0 Å². The van der Waals surface area contributed by atoms with Crippen molar-refractivity contribution in [1.29, 1.82) is 0 Å². The molecule has 0 aromatic carbocycles. The summed E-state index contributed by atoms with van der Waals surface area (Å²) in [5.41, 5.74) is -0.622. The zero-order valence-corrected chi connectivity index (χ0v) is 7.46. The molecule has 3 aliphatic rings. The summed E-state index contributed by atoms with van der Waals surface area (Å²) in [6, 6.07) is 0. The van der Waals surface area contributed by atoms with Gasteiger partial charge in [-0.25, -0.2) is 4.79 Å². The molecule has 0 atom stereocenters. The van der Waals surface area contributed by atoms with E-state index in [4.69, 9.17) is 9.84 Å². The van der Waals surface area contributed by atoms with Crippen LogP contribution in [0.2, 0.25) is 0 Å². The van der Waals surface area contributed by atoms with Crippen molar-refractivity contribution in [3.05, 3.63) is 0 Å². The highest BCUT2D eigenvalue weighted by Gasteiger charge is 2.67. The van der Waals surface area contributed by atoms with E-state index in [1.807, 2.05) is 0 Å². The maximum absolute atomic E-state index is 10.8. The average Bonchev–Trinajstić information content (AvgIpc) is 2.37. The van der Waals surface area contributed by atoms with E-state index in [0.29, 0.717) is 25.4 Å². The van der Waals surface area contributed by atoms with Crippen LogP contribution in [-0.2, 0) is 9.53 Å². The van der Waals surface area contributed by atoms with Gasteiger partial charge < -0.3 is 9.84 Å². The average molecular weight is 170 g/mol. The molecule has 1 N–H and O–H groups in total.